The molecule has 2 atom stereocenters. The number of aliphatic imine (C=N–C) groups is 1. The van der Waals surface area contributed by atoms with Crippen LogP contribution in [-0.2, 0) is 21.1 Å². The second-order valence-electron chi connectivity index (χ2n) is 6.86. The first-order valence-electron chi connectivity index (χ1n) is 8.69. The molecular formula is C19H15Cl3N2O3S2. The number of amidine groups is 1. The molecule has 2 aliphatic heterocycles. The van der Waals surface area contributed by atoms with Crippen molar-refractivity contribution >= 4 is 73.2 Å². The van der Waals surface area contributed by atoms with Gasteiger partial charge in [0.25, 0.3) is 5.91 Å². The number of sulfone groups is 1. The smallest absolute Gasteiger partial charge is 0.252 e. The lowest BCUT2D eigenvalue weighted by Crippen LogP contribution is -2.37. The Hall–Kier alpha value is -1.25. The fourth-order valence-corrected chi connectivity index (χ4v) is 7.77. The van der Waals surface area contributed by atoms with Crippen molar-refractivity contribution in [1.29, 1.82) is 0 Å². The predicted octanol–water partition coefficient (Wildman–Crippen LogP) is 4.49. The van der Waals surface area contributed by atoms with E-state index in [0.29, 0.717) is 25.9 Å². The average molecular weight is 490 g/mol. The number of anilines is 1. The number of thioether (sulfide) groups is 1. The highest BCUT2D eigenvalue weighted by Crippen LogP contribution is 2.42. The van der Waals surface area contributed by atoms with Gasteiger partial charge in [0.2, 0.25) is 0 Å². The summed E-state index contributed by atoms with van der Waals surface area (Å²) in [7, 11) is -3.14. The molecule has 5 nitrogen and oxygen atoms in total. The molecule has 2 aliphatic rings. The molecule has 0 N–H and O–H groups in total. The summed E-state index contributed by atoms with van der Waals surface area (Å²) in [5.41, 5.74) is 1.46. The quantitative estimate of drug-likeness (QED) is 0.635. The summed E-state index contributed by atoms with van der Waals surface area (Å²) in [5, 5.41) is 1.64. The van der Waals surface area contributed by atoms with Crippen LogP contribution >= 0.6 is 46.6 Å². The van der Waals surface area contributed by atoms with Crippen molar-refractivity contribution in [3.05, 3.63) is 63.1 Å². The van der Waals surface area contributed by atoms with Crippen LogP contribution in [-0.4, -0.2) is 42.3 Å². The Morgan fingerprint density at radius 3 is 2.48 bits per heavy atom. The van der Waals surface area contributed by atoms with Crippen molar-refractivity contribution in [3.63, 3.8) is 0 Å². The van der Waals surface area contributed by atoms with Gasteiger partial charge in [0.1, 0.15) is 0 Å². The van der Waals surface area contributed by atoms with E-state index in [2.05, 4.69) is 4.99 Å². The predicted molar refractivity (Wildman–Crippen MR) is 120 cm³/mol. The summed E-state index contributed by atoms with van der Waals surface area (Å²) in [6, 6.07) is 11.8. The monoisotopic (exact) mass is 488 g/mol. The maximum atomic E-state index is 12.6. The Bertz CT molecular complexity index is 1100. The van der Waals surface area contributed by atoms with Gasteiger partial charge in [-0.2, -0.15) is 4.99 Å². The number of hydrogen-bond donors (Lipinski definition) is 0. The number of carbonyl (C=O) groups is 1. The fourth-order valence-electron chi connectivity index (χ4n) is 3.42. The zero-order valence-electron chi connectivity index (χ0n) is 14.9. The van der Waals surface area contributed by atoms with Gasteiger partial charge in [0.05, 0.1) is 34.0 Å². The molecule has 29 heavy (non-hydrogen) atoms. The van der Waals surface area contributed by atoms with Crippen LogP contribution in [0.25, 0.3) is 0 Å². The molecule has 2 fully saturated rings. The normalized spacial score (nSPS) is 24.1. The van der Waals surface area contributed by atoms with Crippen molar-refractivity contribution in [3.8, 4) is 0 Å². The molecule has 2 saturated heterocycles. The Morgan fingerprint density at radius 1 is 1.07 bits per heavy atom. The minimum Gasteiger partial charge on any atom is -0.316 e. The van der Waals surface area contributed by atoms with Crippen molar-refractivity contribution < 1.29 is 13.2 Å². The molecule has 0 spiro atoms. The maximum absolute atomic E-state index is 12.6. The third-order valence-corrected chi connectivity index (χ3v) is 8.94. The maximum Gasteiger partial charge on any atom is 0.252 e. The molecule has 0 aromatic heterocycles. The summed E-state index contributed by atoms with van der Waals surface area (Å²) in [5.74, 6) is -0.248. The molecule has 10 heteroatoms. The van der Waals surface area contributed by atoms with Gasteiger partial charge in [0.15, 0.2) is 15.0 Å². The first-order chi connectivity index (χ1) is 13.7. The van der Waals surface area contributed by atoms with Crippen LogP contribution < -0.4 is 4.90 Å². The van der Waals surface area contributed by atoms with Gasteiger partial charge in [-0.1, -0.05) is 58.7 Å². The molecule has 4 rings (SSSR count). The van der Waals surface area contributed by atoms with E-state index in [9.17, 15) is 13.2 Å². The van der Waals surface area contributed by atoms with Crippen molar-refractivity contribution in [1.82, 2.24) is 0 Å². The van der Waals surface area contributed by atoms with E-state index in [4.69, 9.17) is 34.8 Å². The van der Waals surface area contributed by atoms with Crippen LogP contribution in [0.3, 0.4) is 0 Å². The average Bonchev–Trinajstić information content (AvgIpc) is 3.10. The Labute approximate surface area is 188 Å². The van der Waals surface area contributed by atoms with Gasteiger partial charge < -0.3 is 4.90 Å². The summed E-state index contributed by atoms with van der Waals surface area (Å²) < 4.78 is 24.3. The van der Waals surface area contributed by atoms with Gasteiger partial charge in [-0.3, -0.25) is 4.79 Å². The van der Waals surface area contributed by atoms with Crippen molar-refractivity contribution in [2.75, 3.05) is 16.4 Å². The number of hydrogen-bond acceptors (Lipinski definition) is 4. The standard InChI is InChI=1S/C19H15Cl3N2O3S2/c20-12-3-1-11(2-4-12)7-18(25)23-19-24(13-5-6-14(21)15(22)8-13)16-9-29(26,27)10-17(16)28-19/h1-6,8,16-17H,7,9-10H2/t16-,17-/m1/s1. The molecule has 0 bridgehead atoms. The van der Waals surface area contributed by atoms with Gasteiger partial charge in [0, 0.05) is 16.0 Å². The Morgan fingerprint density at radius 2 is 1.79 bits per heavy atom. The van der Waals surface area contributed by atoms with Crippen LogP contribution in [0.5, 0.6) is 0 Å². The van der Waals surface area contributed by atoms with Crippen LogP contribution in [0.4, 0.5) is 5.69 Å². The van der Waals surface area contributed by atoms with Crippen molar-refractivity contribution in [2.24, 2.45) is 4.99 Å². The number of rotatable bonds is 3. The summed E-state index contributed by atoms with van der Waals surface area (Å²) in [6.45, 7) is 0. The zero-order valence-corrected chi connectivity index (χ0v) is 18.8. The number of fused-ring (bicyclic) bond motifs is 1. The topological polar surface area (TPSA) is 66.8 Å². The lowest BCUT2D eigenvalue weighted by Gasteiger charge is -2.24. The van der Waals surface area contributed by atoms with Crippen LogP contribution in [0.15, 0.2) is 47.5 Å². The lowest BCUT2D eigenvalue weighted by molar-refractivity contribution is -0.117. The number of benzene rings is 2. The van der Waals surface area contributed by atoms with Crippen LogP contribution in [0.1, 0.15) is 5.56 Å². The molecule has 0 radical (unpaired) electrons. The van der Waals surface area contributed by atoms with Gasteiger partial charge >= 0.3 is 0 Å². The van der Waals surface area contributed by atoms with Gasteiger partial charge in [-0.05, 0) is 35.9 Å². The fraction of sp³-hybridized carbons (Fsp3) is 0.263. The molecular weight excluding hydrogens is 475 g/mol. The van der Waals surface area contributed by atoms with E-state index >= 15 is 0 Å². The summed E-state index contributed by atoms with van der Waals surface area (Å²) >= 11 is 19.4. The van der Waals surface area contributed by atoms with Gasteiger partial charge in [-0.25, -0.2) is 8.42 Å². The van der Waals surface area contributed by atoms with E-state index in [0.717, 1.165) is 5.56 Å². The number of amides is 1. The molecule has 2 heterocycles. The van der Waals surface area contributed by atoms with E-state index in [1.807, 2.05) is 0 Å². The first kappa shape index (κ1) is 21.0. The first-order valence-corrected chi connectivity index (χ1v) is 12.5. The molecule has 2 aromatic carbocycles. The lowest BCUT2D eigenvalue weighted by atomic mass is 10.1. The Balaban J connectivity index is 1.65. The number of halogens is 3. The summed E-state index contributed by atoms with van der Waals surface area (Å²) in [6.07, 6.45) is 0.129. The van der Waals surface area contributed by atoms with Crippen molar-refractivity contribution in [2.45, 2.75) is 17.7 Å². The van der Waals surface area contributed by atoms with E-state index < -0.39 is 9.84 Å². The molecule has 1 amide bonds. The van der Waals surface area contributed by atoms with Crippen LogP contribution in [0.2, 0.25) is 15.1 Å². The van der Waals surface area contributed by atoms with Gasteiger partial charge in [-0.15, -0.1) is 0 Å². The van der Waals surface area contributed by atoms with Crippen LogP contribution in [0, 0.1) is 0 Å². The molecule has 152 valence electrons. The molecule has 0 aliphatic carbocycles. The SMILES string of the molecule is O=C(Cc1ccc(Cl)cc1)N=C1S[C@@H]2CS(=O)(=O)C[C@H]2N1c1ccc(Cl)c(Cl)c1. The molecule has 2 aromatic rings. The largest absolute Gasteiger partial charge is 0.316 e. The zero-order chi connectivity index (χ0) is 20.8. The number of carbonyl (C=O) groups excluding carboxylic acids is 1. The van der Waals surface area contributed by atoms with E-state index in [1.54, 1.807) is 47.4 Å². The van der Waals surface area contributed by atoms with E-state index in [-0.39, 0.29) is 35.1 Å². The summed E-state index contributed by atoms with van der Waals surface area (Å²) in [4.78, 5) is 18.7. The second kappa shape index (κ2) is 8.12. The number of nitrogens with zero attached hydrogens (tertiary/aromatic N) is 2. The third kappa shape index (κ3) is 4.59. The highest BCUT2D eigenvalue weighted by Gasteiger charge is 2.49. The highest BCUT2D eigenvalue weighted by molar-refractivity contribution is 8.16. The molecule has 0 unspecified atom stereocenters. The second-order valence-corrected chi connectivity index (χ2v) is 11.5. The molecule has 0 saturated carbocycles. The van der Waals surface area contributed by atoms with E-state index in [1.165, 1.54) is 11.8 Å². The third-order valence-electron chi connectivity index (χ3n) is 4.74. The minimum atomic E-state index is -3.14. The highest BCUT2D eigenvalue weighted by atomic mass is 35.5. The minimum absolute atomic E-state index is 0.00923. The Kier molecular flexibility index (Phi) is 5.88.